The van der Waals surface area contributed by atoms with Gasteiger partial charge in [-0.3, -0.25) is 5.10 Å². The molecule has 2 aliphatic carbocycles. The van der Waals surface area contributed by atoms with E-state index < -0.39 is 0 Å². The Balaban J connectivity index is 1.78. The molecule has 3 nitrogen and oxygen atoms in total. The van der Waals surface area contributed by atoms with E-state index >= 15 is 0 Å². The number of benzene rings is 1. The van der Waals surface area contributed by atoms with Crippen LogP contribution in [0.25, 0.3) is 11.1 Å². The molecule has 0 spiro atoms. The Labute approximate surface area is 127 Å². The fourth-order valence-electron chi connectivity index (χ4n) is 3.82. The summed E-state index contributed by atoms with van der Waals surface area (Å²) in [6.07, 6.45) is 4.02. The van der Waals surface area contributed by atoms with E-state index in [9.17, 15) is 0 Å². The molecule has 2 aliphatic rings. The Hall–Kier alpha value is -1.19. The molecule has 0 saturated heterocycles. The molecule has 2 unspecified atom stereocenters. The zero-order valence-corrected chi connectivity index (χ0v) is 12.4. The van der Waals surface area contributed by atoms with Crippen molar-refractivity contribution >= 4 is 29.0 Å². The van der Waals surface area contributed by atoms with Gasteiger partial charge in [0.05, 0.1) is 10.0 Å². The summed E-state index contributed by atoms with van der Waals surface area (Å²) >= 11 is 12.1. The molecular formula is C15H15Cl2N3. The van der Waals surface area contributed by atoms with Crippen LogP contribution in [0.2, 0.25) is 10.0 Å². The largest absolute Gasteiger partial charge is 0.382 e. The highest BCUT2D eigenvalue weighted by atomic mass is 35.5. The van der Waals surface area contributed by atoms with Crippen LogP contribution >= 0.6 is 23.2 Å². The second-order valence-electron chi connectivity index (χ2n) is 5.81. The van der Waals surface area contributed by atoms with Crippen molar-refractivity contribution < 1.29 is 0 Å². The lowest BCUT2D eigenvalue weighted by molar-refractivity contribution is 0.670. The van der Waals surface area contributed by atoms with Crippen LogP contribution in [0.15, 0.2) is 18.2 Å². The normalized spacial score (nSPS) is 27.6. The van der Waals surface area contributed by atoms with Gasteiger partial charge >= 0.3 is 0 Å². The topological polar surface area (TPSA) is 54.7 Å². The number of aromatic amines is 1. The molecule has 0 bridgehead atoms. The van der Waals surface area contributed by atoms with Crippen molar-refractivity contribution in [3.63, 3.8) is 0 Å². The molecule has 2 saturated carbocycles. The molecule has 2 aromatic rings. The molecule has 4 rings (SSSR count). The quantitative estimate of drug-likeness (QED) is 0.859. The van der Waals surface area contributed by atoms with E-state index in [1.54, 1.807) is 0 Å². The van der Waals surface area contributed by atoms with E-state index in [1.807, 2.05) is 18.2 Å². The highest BCUT2D eigenvalue weighted by Gasteiger charge is 2.54. The standard InChI is InChI=1S/C15H15Cl2N3/c16-10-5-4-7(6-11(10)17)12-14(19-20-15(12)18)13-8-2-1-3-9(8)13/h4-6,8-9,13H,1-3H2,(H3,18,19,20). The number of fused-ring (bicyclic) bond motifs is 1. The van der Waals surface area contributed by atoms with Crippen molar-refractivity contribution in [2.24, 2.45) is 11.8 Å². The summed E-state index contributed by atoms with van der Waals surface area (Å²) < 4.78 is 0. The monoisotopic (exact) mass is 307 g/mol. The number of H-pyrrole nitrogens is 1. The fourth-order valence-corrected chi connectivity index (χ4v) is 4.11. The Kier molecular flexibility index (Phi) is 2.76. The van der Waals surface area contributed by atoms with Gasteiger partial charge in [-0.05, 0) is 42.4 Å². The fraction of sp³-hybridized carbons (Fsp3) is 0.400. The van der Waals surface area contributed by atoms with Gasteiger partial charge in [0.2, 0.25) is 0 Å². The van der Waals surface area contributed by atoms with Crippen molar-refractivity contribution in [1.29, 1.82) is 0 Å². The van der Waals surface area contributed by atoms with Gasteiger partial charge in [0, 0.05) is 17.2 Å². The second kappa shape index (κ2) is 4.40. The van der Waals surface area contributed by atoms with Crippen LogP contribution in [-0.4, -0.2) is 10.2 Å². The first-order valence-electron chi connectivity index (χ1n) is 6.96. The predicted octanol–water partition coefficient (Wildman–Crippen LogP) is 4.48. The van der Waals surface area contributed by atoms with Crippen molar-refractivity contribution in [2.45, 2.75) is 25.2 Å². The third-order valence-electron chi connectivity index (χ3n) is 4.77. The average Bonchev–Trinajstić information content (AvgIpc) is 2.78. The molecule has 104 valence electrons. The summed E-state index contributed by atoms with van der Waals surface area (Å²) in [7, 11) is 0. The van der Waals surface area contributed by atoms with E-state index in [0.29, 0.717) is 21.8 Å². The number of hydrogen-bond acceptors (Lipinski definition) is 2. The second-order valence-corrected chi connectivity index (χ2v) is 6.63. The van der Waals surface area contributed by atoms with Crippen molar-refractivity contribution in [3.8, 4) is 11.1 Å². The molecule has 0 radical (unpaired) electrons. The minimum atomic E-state index is 0.545. The Morgan fingerprint density at radius 3 is 2.60 bits per heavy atom. The van der Waals surface area contributed by atoms with Crippen molar-refractivity contribution in [3.05, 3.63) is 33.9 Å². The maximum Gasteiger partial charge on any atom is 0.153 e. The Morgan fingerprint density at radius 1 is 1.15 bits per heavy atom. The molecule has 1 aromatic carbocycles. The maximum absolute atomic E-state index is 6.12. The first kappa shape index (κ1) is 12.5. The van der Waals surface area contributed by atoms with Gasteiger partial charge in [0.1, 0.15) is 0 Å². The first-order chi connectivity index (χ1) is 9.66. The van der Waals surface area contributed by atoms with E-state index in [0.717, 1.165) is 23.0 Å². The van der Waals surface area contributed by atoms with E-state index in [-0.39, 0.29) is 0 Å². The van der Waals surface area contributed by atoms with Gasteiger partial charge in [-0.15, -0.1) is 0 Å². The molecule has 2 fully saturated rings. The van der Waals surface area contributed by atoms with Gasteiger partial charge in [-0.1, -0.05) is 35.7 Å². The van der Waals surface area contributed by atoms with E-state index in [2.05, 4.69) is 10.2 Å². The SMILES string of the molecule is Nc1n[nH]c(C2C3CCCC32)c1-c1ccc(Cl)c(Cl)c1. The molecule has 5 heteroatoms. The van der Waals surface area contributed by atoms with E-state index in [4.69, 9.17) is 28.9 Å². The van der Waals surface area contributed by atoms with Crippen molar-refractivity contribution in [1.82, 2.24) is 10.2 Å². The number of hydrogen-bond donors (Lipinski definition) is 2. The third kappa shape index (κ3) is 1.76. The highest BCUT2D eigenvalue weighted by Crippen LogP contribution is 2.64. The Bertz CT molecular complexity index is 670. The smallest absolute Gasteiger partial charge is 0.153 e. The number of rotatable bonds is 2. The molecule has 1 aromatic heterocycles. The number of nitrogen functional groups attached to an aromatic ring is 1. The number of nitrogens with zero attached hydrogens (tertiary/aromatic N) is 1. The first-order valence-corrected chi connectivity index (χ1v) is 7.71. The third-order valence-corrected chi connectivity index (χ3v) is 5.51. The lowest BCUT2D eigenvalue weighted by atomic mass is 9.99. The van der Waals surface area contributed by atoms with Gasteiger partial charge in [-0.25, -0.2) is 0 Å². The summed E-state index contributed by atoms with van der Waals surface area (Å²) in [6, 6.07) is 5.63. The number of halogens is 2. The minimum Gasteiger partial charge on any atom is -0.382 e. The van der Waals surface area contributed by atoms with Gasteiger partial charge in [-0.2, -0.15) is 5.10 Å². The summed E-state index contributed by atoms with van der Waals surface area (Å²) in [5.74, 6) is 2.77. The molecule has 2 atom stereocenters. The molecule has 1 heterocycles. The maximum atomic E-state index is 6.12. The molecule has 3 N–H and O–H groups in total. The summed E-state index contributed by atoms with van der Waals surface area (Å²) in [4.78, 5) is 0. The average molecular weight is 308 g/mol. The van der Waals surface area contributed by atoms with E-state index in [1.165, 1.54) is 25.0 Å². The van der Waals surface area contributed by atoms with Gasteiger partial charge in [0.15, 0.2) is 5.82 Å². The van der Waals surface area contributed by atoms with Gasteiger partial charge < -0.3 is 5.73 Å². The van der Waals surface area contributed by atoms with Crippen LogP contribution in [0, 0.1) is 11.8 Å². The van der Waals surface area contributed by atoms with Crippen LogP contribution in [-0.2, 0) is 0 Å². The number of nitrogens with two attached hydrogens (primary N) is 1. The molecular weight excluding hydrogens is 293 g/mol. The molecule has 20 heavy (non-hydrogen) atoms. The number of aromatic nitrogens is 2. The van der Waals surface area contributed by atoms with Crippen LogP contribution in [0.4, 0.5) is 5.82 Å². The Morgan fingerprint density at radius 2 is 1.90 bits per heavy atom. The van der Waals surface area contributed by atoms with Crippen LogP contribution in [0.5, 0.6) is 0 Å². The van der Waals surface area contributed by atoms with Crippen LogP contribution < -0.4 is 5.73 Å². The van der Waals surface area contributed by atoms with Crippen LogP contribution in [0.3, 0.4) is 0 Å². The minimum absolute atomic E-state index is 0.545. The van der Waals surface area contributed by atoms with Gasteiger partial charge in [0.25, 0.3) is 0 Å². The number of anilines is 1. The zero-order valence-electron chi connectivity index (χ0n) is 10.9. The molecule has 0 amide bonds. The molecule has 0 aliphatic heterocycles. The predicted molar refractivity (Wildman–Crippen MR) is 82.0 cm³/mol. The van der Waals surface area contributed by atoms with Crippen LogP contribution in [0.1, 0.15) is 30.9 Å². The zero-order chi connectivity index (χ0) is 13.9. The lowest BCUT2D eigenvalue weighted by Crippen LogP contribution is -1.93. The van der Waals surface area contributed by atoms with Crippen molar-refractivity contribution in [2.75, 3.05) is 5.73 Å². The summed E-state index contributed by atoms with van der Waals surface area (Å²) in [5.41, 5.74) is 9.23. The summed E-state index contributed by atoms with van der Waals surface area (Å²) in [6.45, 7) is 0. The number of nitrogens with one attached hydrogen (secondary N) is 1. The summed E-state index contributed by atoms with van der Waals surface area (Å²) in [5, 5.41) is 8.46. The lowest BCUT2D eigenvalue weighted by Gasteiger charge is -2.07. The highest BCUT2D eigenvalue weighted by molar-refractivity contribution is 6.42.